The minimum absolute atomic E-state index is 0.00523. The average Bonchev–Trinajstić information content (AvgIpc) is 2.86. The highest BCUT2D eigenvalue weighted by Gasteiger charge is 2.20. The number of methoxy groups -OCH3 is 1. The Kier molecular flexibility index (Phi) is 4.74. The summed E-state index contributed by atoms with van der Waals surface area (Å²) in [6.07, 6.45) is 2.47. The fourth-order valence-corrected chi connectivity index (χ4v) is 3.23. The molecule has 2 heterocycles. The van der Waals surface area contributed by atoms with Gasteiger partial charge in [0, 0.05) is 42.3 Å². The molecule has 0 unspecified atom stereocenters. The lowest BCUT2D eigenvalue weighted by molar-refractivity contribution is 0.0931. The zero-order chi connectivity index (χ0) is 18.0. The third-order valence-electron chi connectivity index (χ3n) is 4.49. The topological polar surface area (TPSA) is 56.1 Å². The number of nitrogens with one attached hydrogen (secondary N) is 1. The van der Waals surface area contributed by atoms with Gasteiger partial charge in [0.25, 0.3) is 5.91 Å². The molecule has 0 fully saturated rings. The summed E-state index contributed by atoms with van der Waals surface area (Å²) < 4.78 is 7.24. The lowest BCUT2D eigenvalue weighted by Gasteiger charge is -2.14. The Morgan fingerprint density at radius 2 is 2.12 bits per heavy atom. The van der Waals surface area contributed by atoms with Crippen LogP contribution in [0.5, 0.6) is 5.75 Å². The number of nitrogens with zero attached hydrogens (tertiary/aromatic N) is 2. The first-order valence-electron chi connectivity index (χ1n) is 8.35. The van der Waals surface area contributed by atoms with Gasteiger partial charge in [-0.15, -0.1) is 0 Å². The molecular formula is C20H23N3O2. The van der Waals surface area contributed by atoms with E-state index in [9.17, 15) is 4.79 Å². The zero-order valence-electron chi connectivity index (χ0n) is 15.0. The number of amides is 1. The second-order valence-corrected chi connectivity index (χ2v) is 6.32. The van der Waals surface area contributed by atoms with Crippen LogP contribution in [-0.4, -0.2) is 28.6 Å². The van der Waals surface area contributed by atoms with Crippen LogP contribution < -0.4 is 10.1 Å². The summed E-state index contributed by atoms with van der Waals surface area (Å²) in [5.74, 6) is 0.718. The maximum absolute atomic E-state index is 12.8. The Labute approximate surface area is 147 Å². The van der Waals surface area contributed by atoms with Gasteiger partial charge in [-0.1, -0.05) is 6.07 Å². The molecular weight excluding hydrogens is 314 g/mol. The first kappa shape index (κ1) is 17.0. The number of aryl methyl sites for hydroxylation is 2. The molecule has 3 aromatic rings. The molecule has 0 spiro atoms. The van der Waals surface area contributed by atoms with Gasteiger partial charge in [-0.05, 0) is 49.7 Å². The van der Waals surface area contributed by atoms with Gasteiger partial charge in [0.2, 0.25) is 0 Å². The summed E-state index contributed by atoms with van der Waals surface area (Å²) in [4.78, 5) is 17.1. The van der Waals surface area contributed by atoms with E-state index in [1.54, 1.807) is 13.3 Å². The Balaban J connectivity index is 1.84. The highest BCUT2D eigenvalue weighted by molar-refractivity contribution is 6.02. The molecule has 3 rings (SSSR count). The van der Waals surface area contributed by atoms with E-state index in [1.807, 2.05) is 61.9 Å². The lowest BCUT2D eigenvalue weighted by atomic mass is 10.1. The van der Waals surface area contributed by atoms with Crippen molar-refractivity contribution in [2.24, 2.45) is 7.05 Å². The third kappa shape index (κ3) is 3.36. The number of pyridine rings is 1. The molecule has 0 saturated heterocycles. The van der Waals surface area contributed by atoms with Crippen molar-refractivity contribution in [3.63, 3.8) is 0 Å². The molecule has 1 atom stereocenters. The predicted octanol–water partition coefficient (Wildman–Crippen LogP) is 3.25. The van der Waals surface area contributed by atoms with Crippen LogP contribution in [0.2, 0.25) is 0 Å². The number of fused-ring (bicyclic) bond motifs is 1. The number of carbonyl (C=O) groups excluding carboxylic acids is 1. The number of aromatic nitrogens is 2. The van der Waals surface area contributed by atoms with E-state index >= 15 is 0 Å². The van der Waals surface area contributed by atoms with Gasteiger partial charge in [-0.2, -0.15) is 0 Å². The van der Waals surface area contributed by atoms with E-state index in [2.05, 4.69) is 10.3 Å². The number of rotatable bonds is 5. The van der Waals surface area contributed by atoms with Crippen molar-refractivity contribution in [1.29, 1.82) is 0 Å². The third-order valence-corrected chi connectivity index (χ3v) is 4.49. The minimum atomic E-state index is -0.0707. The smallest absolute Gasteiger partial charge is 0.268 e. The molecule has 0 aliphatic carbocycles. The largest absolute Gasteiger partial charge is 0.497 e. The highest BCUT2D eigenvalue weighted by atomic mass is 16.5. The number of hydrogen-bond donors (Lipinski definition) is 1. The number of benzene rings is 1. The number of hydrogen-bond acceptors (Lipinski definition) is 3. The number of ether oxygens (including phenoxy) is 1. The van der Waals surface area contributed by atoms with Crippen molar-refractivity contribution < 1.29 is 9.53 Å². The first-order chi connectivity index (χ1) is 12.0. The fourth-order valence-electron chi connectivity index (χ4n) is 3.23. The summed E-state index contributed by atoms with van der Waals surface area (Å²) in [6.45, 7) is 3.97. The van der Waals surface area contributed by atoms with Crippen LogP contribution in [0.3, 0.4) is 0 Å². The molecule has 1 amide bonds. The van der Waals surface area contributed by atoms with Crippen LogP contribution in [0.4, 0.5) is 0 Å². The van der Waals surface area contributed by atoms with Crippen LogP contribution in [0.1, 0.15) is 28.7 Å². The lowest BCUT2D eigenvalue weighted by Crippen LogP contribution is -2.35. The van der Waals surface area contributed by atoms with Gasteiger partial charge in [-0.25, -0.2) is 0 Å². The predicted molar refractivity (Wildman–Crippen MR) is 99.1 cm³/mol. The van der Waals surface area contributed by atoms with Crippen molar-refractivity contribution >= 4 is 16.8 Å². The van der Waals surface area contributed by atoms with Gasteiger partial charge in [-0.3, -0.25) is 9.78 Å². The van der Waals surface area contributed by atoms with E-state index < -0.39 is 0 Å². The minimum Gasteiger partial charge on any atom is -0.497 e. The van der Waals surface area contributed by atoms with Gasteiger partial charge in [0.1, 0.15) is 11.4 Å². The Morgan fingerprint density at radius 1 is 1.32 bits per heavy atom. The zero-order valence-corrected chi connectivity index (χ0v) is 15.0. The van der Waals surface area contributed by atoms with Crippen LogP contribution in [0, 0.1) is 6.92 Å². The van der Waals surface area contributed by atoms with Crippen LogP contribution in [0.25, 0.3) is 10.9 Å². The molecule has 0 saturated carbocycles. The Morgan fingerprint density at radius 3 is 2.80 bits per heavy atom. The van der Waals surface area contributed by atoms with Crippen LogP contribution in [-0.2, 0) is 13.5 Å². The van der Waals surface area contributed by atoms with Gasteiger partial charge >= 0.3 is 0 Å². The molecule has 5 heteroatoms. The standard InChI is InChI=1S/C20H23N3O2/c1-13(11-15-7-5-6-10-21-15)22-20(24)19-14(2)17-12-16(25-4)8-9-18(17)23(19)3/h5-10,12-13H,11H2,1-4H3,(H,22,24)/t13-/m0/s1. The molecule has 130 valence electrons. The van der Waals surface area contributed by atoms with Crippen molar-refractivity contribution in [3.05, 3.63) is 59.5 Å². The first-order valence-corrected chi connectivity index (χ1v) is 8.35. The van der Waals surface area contributed by atoms with Gasteiger partial charge in [0.15, 0.2) is 0 Å². The summed E-state index contributed by atoms with van der Waals surface area (Å²) in [5.41, 5.74) is 3.62. The summed E-state index contributed by atoms with van der Waals surface area (Å²) in [6, 6.07) is 11.7. The Bertz CT molecular complexity index is 900. The van der Waals surface area contributed by atoms with Crippen molar-refractivity contribution in [2.75, 3.05) is 7.11 Å². The monoisotopic (exact) mass is 337 g/mol. The molecule has 0 aliphatic rings. The van der Waals surface area contributed by atoms with E-state index in [4.69, 9.17) is 4.74 Å². The second-order valence-electron chi connectivity index (χ2n) is 6.32. The van der Waals surface area contributed by atoms with Crippen molar-refractivity contribution in [3.8, 4) is 5.75 Å². The molecule has 2 aromatic heterocycles. The van der Waals surface area contributed by atoms with Gasteiger partial charge < -0.3 is 14.6 Å². The maximum atomic E-state index is 12.8. The molecule has 0 bridgehead atoms. The molecule has 0 radical (unpaired) electrons. The molecule has 5 nitrogen and oxygen atoms in total. The quantitative estimate of drug-likeness (QED) is 0.777. The molecule has 1 aromatic carbocycles. The van der Waals surface area contributed by atoms with E-state index in [-0.39, 0.29) is 11.9 Å². The fraction of sp³-hybridized carbons (Fsp3) is 0.300. The molecule has 25 heavy (non-hydrogen) atoms. The van der Waals surface area contributed by atoms with E-state index in [0.717, 1.165) is 27.9 Å². The summed E-state index contributed by atoms with van der Waals surface area (Å²) in [5, 5.41) is 4.12. The van der Waals surface area contributed by atoms with Crippen molar-refractivity contribution in [2.45, 2.75) is 26.3 Å². The van der Waals surface area contributed by atoms with Crippen LogP contribution in [0.15, 0.2) is 42.6 Å². The summed E-state index contributed by atoms with van der Waals surface area (Å²) >= 11 is 0. The van der Waals surface area contributed by atoms with E-state index in [1.165, 1.54) is 0 Å². The average molecular weight is 337 g/mol. The highest BCUT2D eigenvalue weighted by Crippen LogP contribution is 2.28. The van der Waals surface area contributed by atoms with Crippen LogP contribution >= 0.6 is 0 Å². The SMILES string of the molecule is COc1ccc2c(c1)c(C)c(C(=O)N[C@@H](C)Cc1ccccn1)n2C. The summed E-state index contributed by atoms with van der Waals surface area (Å²) in [7, 11) is 3.56. The second kappa shape index (κ2) is 6.97. The van der Waals surface area contributed by atoms with E-state index in [0.29, 0.717) is 12.1 Å². The molecule has 1 N–H and O–H groups in total. The normalized spacial score (nSPS) is 12.2. The maximum Gasteiger partial charge on any atom is 0.268 e. The van der Waals surface area contributed by atoms with Gasteiger partial charge in [0.05, 0.1) is 7.11 Å². The van der Waals surface area contributed by atoms with Crippen molar-refractivity contribution in [1.82, 2.24) is 14.9 Å². The molecule has 0 aliphatic heterocycles. The Hall–Kier alpha value is -2.82. The number of carbonyl (C=O) groups is 1.